The Hall–Kier alpha value is -0.760. The molecular weight excluding hydrogens is 150 g/mol. The molecule has 1 rings (SSSR count). The lowest BCUT2D eigenvalue weighted by atomic mass is 9.83. The second-order valence-corrected chi connectivity index (χ2v) is 4.28. The quantitative estimate of drug-likeness (QED) is 0.698. The van der Waals surface area contributed by atoms with Crippen molar-refractivity contribution in [1.82, 2.24) is 0 Å². The van der Waals surface area contributed by atoms with Crippen molar-refractivity contribution in [2.45, 2.75) is 33.7 Å². The van der Waals surface area contributed by atoms with Gasteiger partial charge >= 0.3 is 0 Å². The Morgan fingerprint density at radius 3 is 2.33 bits per heavy atom. The van der Waals surface area contributed by atoms with Crippen LogP contribution in [0.5, 0.6) is 0 Å². The molecule has 0 amide bonds. The van der Waals surface area contributed by atoms with E-state index < -0.39 is 0 Å². The lowest BCUT2D eigenvalue weighted by Gasteiger charge is -2.26. The van der Waals surface area contributed by atoms with Crippen molar-refractivity contribution in [1.29, 1.82) is 0 Å². The molecule has 1 atom stereocenters. The summed E-state index contributed by atoms with van der Waals surface area (Å²) in [6.45, 7) is 8.33. The van der Waals surface area contributed by atoms with Crippen LogP contribution in [0, 0.1) is 12.3 Å². The van der Waals surface area contributed by atoms with Crippen molar-refractivity contribution in [3.8, 4) is 0 Å². The van der Waals surface area contributed by atoms with E-state index in [1.54, 1.807) is 6.26 Å². The van der Waals surface area contributed by atoms with Crippen molar-refractivity contribution in [3.63, 3.8) is 0 Å². The smallest absolute Gasteiger partial charge is 0.105 e. The highest BCUT2D eigenvalue weighted by molar-refractivity contribution is 5.21. The Balaban J connectivity index is 2.92. The minimum atomic E-state index is 0.0521. The van der Waals surface area contributed by atoms with Crippen LogP contribution in [0.4, 0.5) is 0 Å². The first-order valence-electron chi connectivity index (χ1n) is 4.22. The monoisotopic (exact) mass is 167 g/mol. The fourth-order valence-electron chi connectivity index (χ4n) is 1.18. The van der Waals surface area contributed by atoms with Gasteiger partial charge in [0.15, 0.2) is 0 Å². The van der Waals surface area contributed by atoms with E-state index in [0.717, 1.165) is 11.3 Å². The number of furan rings is 1. The predicted molar refractivity (Wildman–Crippen MR) is 49.8 cm³/mol. The standard InChI is InChI=1S/C10H17NO/c1-7-8(5-6-12-7)9(11)10(2,3)4/h5-6,9H,11H2,1-4H3. The van der Waals surface area contributed by atoms with Crippen LogP contribution in [0.3, 0.4) is 0 Å². The average molecular weight is 167 g/mol. The lowest BCUT2D eigenvalue weighted by molar-refractivity contribution is 0.323. The van der Waals surface area contributed by atoms with Gasteiger partial charge in [-0.1, -0.05) is 20.8 Å². The number of aryl methyl sites for hydroxylation is 1. The number of nitrogens with two attached hydrogens (primary N) is 1. The third-order valence-corrected chi connectivity index (χ3v) is 2.17. The van der Waals surface area contributed by atoms with Crippen molar-refractivity contribution < 1.29 is 4.42 Å². The highest BCUT2D eigenvalue weighted by Gasteiger charge is 2.24. The molecule has 0 spiro atoms. The van der Waals surface area contributed by atoms with Gasteiger partial charge < -0.3 is 10.2 Å². The molecule has 0 saturated heterocycles. The minimum Gasteiger partial charge on any atom is -0.469 e. The van der Waals surface area contributed by atoms with Gasteiger partial charge in [-0.15, -0.1) is 0 Å². The topological polar surface area (TPSA) is 39.2 Å². The van der Waals surface area contributed by atoms with E-state index in [1.165, 1.54) is 0 Å². The Morgan fingerprint density at radius 1 is 1.42 bits per heavy atom. The summed E-state index contributed by atoms with van der Waals surface area (Å²) in [5.74, 6) is 0.928. The molecular formula is C10H17NO. The second-order valence-electron chi connectivity index (χ2n) is 4.28. The molecule has 12 heavy (non-hydrogen) atoms. The Labute approximate surface area is 73.8 Å². The summed E-state index contributed by atoms with van der Waals surface area (Å²) in [5.41, 5.74) is 7.26. The van der Waals surface area contributed by atoms with Gasteiger partial charge in [0.2, 0.25) is 0 Å². The van der Waals surface area contributed by atoms with Gasteiger partial charge in [0.1, 0.15) is 5.76 Å². The Kier molecular flexibility index (Phi) is 2.29. The molecule has 2 N–H and O–H groups in total. The molecule has 0 aliphatic rings. The predicted octanol–water partition coefficient (Wildman–Crippen LogP) is 2.63. The fourth-order valence-corrected chi connectivity index (χ4v) is 1.18. The molecule has 1 aromatic rings. The molecule has 0 saturated carbocycles. The van der Waals surface area contributed by atoms with E-state index in [-0.39, 0.29) is 11.5 Å². The first-order chi connectivity index (χ1) is 5.43. The fraction of sp³-hybridized carbons (Fsp3) is 0.600. The van der Waals surface area contributed by atoms with Gasteiger partial charge in [0.05, 0.1) is 6.26 Å². The Morgan fingerprint density at radius 2 is 2.00 bits per heavy atom. The largest absolute Gasteiger partial charge is 0.469 e. The van der Waals surface area contributed by atoms with E-state index in [0.29, 0.717) is 0 Å². The molecule has 68 valence electrons. The molecule has 0 fully saturated rings. The van der Waals surface area contributed by atoms with Crippen LogP contribution in [0.1, 0.15) is 38.1 Å². The van der Waals surface area contributed by atoms with Crippen LogP contribution in [0.2, 0.25) is 0 Å². The maximum Gasteiger partial charge on any atom is 0.105 e. The molecule has 1 aromatic heterocycles. The van der Waals surface area contributed by atoms with Crippen molar-refractivity contribution in [3.05, 3.63) is 23.7 Å². The second kappa shape index (κ2) is 2.94. The summed E-state index contributed by atoms with van der Waals surface area (Å²) in [7, 11) is 0. The number of hydrogen-bond donors (Lipinski definition) is 1. The Bertz CT molecular complexity index is 257. The van der Waals surface area contributed by atoms with Crippen molar-refractivity contribution in [2.24, 2.45) is 11.1 Å². The van der Waals surface area contributed by atoms with Crippen LogP contribution < -0.4 is 5.73 Å². The summed E-state index contributed by atoms with van der Waals surface area (Å²) in [6, 6.07) is 2.00. The normalized spacial score (nSPS) is 14.8. The molecule has 1 unspecified atom stereocenters. The van der Waals surface area contributed by atoms with E-state index >= 15 is 0 Å². The average Bonchev–Trinajstić information content (AvgIpc) is 2.31. The zero-order valence-electron chi connectivity index (χ0n) is 8.22. The first-order valence-corrected chi connectivity index (χ1v) is 4.22. The van der Waals surface area contributed by atoms with Crippen molar-refractivity contribution >= 4 is 0 Å². The number of rotatable bonds is 1. The molecule has 1 heterocycles. The van der Waals surface area contributed by atoms with Crippen LogP contribution >= 0.6 is 0 Å². The molecule has 0 aromatic carbocycles. The lowest BCUT2D eigenvalue weighted by Crippen LogP contribution is -2.26. The highest BCUT2D eigenvalue weighted by Crippen LogP contribution is 2.32. The molecule has 0 aliphatic heterocycles. The summed E-state index contributed by atoms with van der Waals surface area (Å²) < 4.78 is 5.20. The number of hydrogen-bond acceptors (Lipinski definition) is 2. The zero-order valence-corrected chi connectivity index (χ0v) is 8.22. The van der Waals surface area contributed by atoms with Gasteiger partial charge in [-0.3, -0.25) is 0 Å². The van der Waals surface area contributed by atoms with Crippen molar-refractivity contribution in [2.75, 3.05) is 0 Å². The molecule has 0 radical (unpaired) electrons. The summed E-state index contributed by atoms with van der Waals surface area (Å²) in [6.07, 6.45) is 1.69. The molecule has 2 nitrogen and oxygen atoms in total. The van der Waals surface area contributed by atoms with Crippen LogP contribution in [0.25, 0.3) is 0 Å². The SMILES string of the molecule is Cc1occc1C(N)C(C)(C)C. The maximum absolute atomic E-state index is 6.06. The molecule has 2 heteroatoms. The van der Waals surface area contributed by atoms with E-state index in [2.05, 4.69) is 20.8 Å². The van der Waals surface area contributed by atoms with Gasteiger partial charge in [0, 0.05) is 11.6 Å². The van der Waals surface area contributed by atoms with Gasteiger partial charge in [-0.05, 0) is 18.4 Å². The first kappa shape index (κ1) is 9.33. The molecule has 0 aliphatic carbocycles. The third kappa shape index (κ3) is 1.69. The third-order valence-electron chi connectivity index (χ3n) is 2.17. The summed E-state index contributed by atoms with van der Waals surface area (Å²) >= 11 is 0. The van der Waals surface area contributed by atoms with E-state index in [9.17, 15) is 0 Å². The van der Waals surface area contributed by atoms with Crippen LogP contribution in [-0.2, 0) is 0 Å². The van der Waals surface area contributed by atoms with E-state index in [1.807, 2.05) is 13.0 Å². The maximum atomic E-state index is 6.06. The van der Waals surface area contributed by atoms with E-state index in [4.69, 9.17) is 10.2 Å². The summed E-state index contributed by atoms with van der Waals surface area (Å²) in [5, 5.41) is 0. The minimum absolute atomic E-state index is 0.0521. The van der Waals surface area contributed by atoms with Gasteiger partial charge in [0.25, 0.3) is 0 Å². The van der Waals surface area contributed by atoms with Gasteiger partial charge in [-0.25, -0.2) is 0 Å². The van der Waals surface area contributed by atoms with Gasteiger partial charge in [-0.2, -0.15) is 0 Å². The summed E-state index contributed by atoms with van der Waals surface area (Å²) in [4.78, 5) is 0. The molecule has 0 bridgehead atoms. The van der Waals surface area contributed by atoms with Crippen LogP contribution in [-0.4, -0.2) is 0 Å². The zero-order chi connectivity index (χ0) is 9.35. The van der Waals surface area contributed by atoms with Crippen LogP contribution in [0.15, 0.2) is 16.7 Å². The highest BCUT2D eigenvalue weighted by atomic mass is 16.3.